The number of carbonyl (C=O) groups is 2. The van der Waals surface area contributed by atoms with Crippen molar-refractivity contribution in [1.82, 2.24) is 10.3 Å². The van der Waals surface area contributed by atoms with Crippen LogP contribution < -0.4 is 10.6 Å². The van der Waals surface area contributed by atoms with E-state index in [2.05, 4.69) is 31.5 Å². The number of fused-ring (bicyclic) bond motifs is 2. The van der Waals surface area contributed by atoms with Gasteiger partial charge in [-0.3, -0.25) is 9.59 Å². The zero-order valence-electron chi connectivity index (χ0n) is 16.5. The molecule has 5 nitrogen and oxygen atoms in total. The van der Waals surface area contributed by atoms with Crippen LogP contribution in [0.3, 0.4) is 0 Å². The molecule has 1 aliphatic heterocycles. The van der Waals surface area contributed by atoms with E-state index in [-0.39, 0.29) is 18.2 Å². The number of nitrogens with one attached hydrogen (secondary N) is 3. The minimum atomic E-state index is -0.683. The molecule has 5 rings (SSSR count). The van der Waals surface area contributed by atoms with Crippen molar-refractivity contribution in [3.63, 3.8) is 0 Å². The highest BCUT2D eigenvalue weighted by molar-refractivity contribution is 9.10. The molecule has 3 aromatic carbocycles. The maximum atomic E-state index is 13.9. The number of amides is 2. The number of rotatable bonds is 4. The molecule has 1 atom stereocenters. The summed E-state index contributed by atoms with van der Waals surface area (Å²) in [5.41, 5.74) is 3.65. The highest BCUT2D eigenvalue weighted by atomic mass is 79.9. The zero-order chi connectivity index (χ0) is 22.4. The highest BCUT2D eigenvalue weighted by Gasteiger charge is 2.34. The van der Waals surface area contributed by atoms with Crippen molar-refractivity contribution in [3.05, 3.63) is 98.4 Å². The standard InChI is InChI=1S/C24H16BrClFN3O2/c25-13-8-17-22(23(30-24(17)32)16-10-14(27)5-6-18(16)26)20(9-13)29-21(31)7-12-11-28-19-4-2-1-3-15(12)19/h1-6,8-11,23,28H,7H2,(H,29,31)(H,30,32). The Morgan fingerprint density at radius 1 is 1.16 bits per heavy atom. The van der Waals surface area contributed by atoms with Crippen LogP contribution in [0.25, 0.3) is 10.9 Å². The van der Waals surface area contributed by atoms with Gasteiger partial charge < -0.3 is 15.6 Å². The smallest absolute Gasteiger partial charge is 0.252 e. The maximum Gasteiger partial charge on any atom is 0.252 e. The van der Waals surface area contributed by atoms with Gasteiger partial charge in [0.15, 0.2) is 0 Å². The van der Waals surface area contributed by atoms with Gasteiger partial charge in [0, 0.05) is 49.0 Å². The molecular weight excluding hydrogens is 497 g/mol. The first-order valence-electron chi connectivity index (χ1n) is 9.85. The Hall–Kier alpha value is -3.16. The number of hydrogen-bond donors (Lipinski definition) is 3. The van der Waals surface area contributed by atoms with E-state index in [1.165, 1.54) is 18.2 Å². The first kappa shape index (κ1) is 20.7. The van der Waals surface area contributed by atoms with Crippen molar-refractivity contribution in [2.75, 3.05) is 5.32 Å². The van der Waals surface area contributed by atoms with Gasteiger partial charge in [-0.25, -0.2) is 4.39 Å². The summed E-state index contributed by atoms with van der Waals surface area (Å²) >= 11 is 9.72. The molecule has 160 valence electrons. The Kier molecular flexibility index (Phi) is 5.23. The van der Waals surface area contributed by atoms with Crippen LogP contribution in [0.15, 0.2) is 65.3 Å². The number of H-pyrrole nitrogens is 1. The second-order valence-electron chi connectivity index (χ2n) is 7.57. The van der Waals surface area contributed by atoms with Crippen LogP contribution in [0, 0.1) is 5.82 Å². The number of halogens is 3. The molecule has 0 bridgehead atoms. The van der Waals surface area contributed by atoms with Gasteiger partial charge in [0.1, 0.15) is 5.82 Å². The summed E-state index contributed by atoms with van der Waals surface area (Å²) in [5.74, 6) is -1.02. The molecule has 1 aromatic heterocycles. The van der Waals surface area contributed by atoms with E-state index >= 15 is 0 Å². The SMILES string of the molecule is O=C(Cc1c[nH]c2ccccc12)Nc1cc(Br)cc2c1C(c1cc(F)ccc1Cl)NC2=O. The molecule has 0 radical (unpaired) electrons. The highest BCUT2D eigenvalue weighted by Crippen LogP contribution is 2.41. The van der Waals surface area contributed by atoms with Crippen molar-refractivity contribution in [2.24, 2.45) is 0 Å². The van der Waals surface area contributed by atoms with E-state index in [4.69, 9.17) is 11.6 Å². The van der Waals surface area contributed by atoms with E-state index in [1.807, 2.05) is 30.5 Å². The molecule has 0 spiro atoms. The van der Waals surface area contributed by atoms with Crippen LogP contribution in [0.4, 0.5) is 10.1 Å². The van der Waals surface area contributed by atoms with Crippen LogP contribution in [0.5, 0.6) is 0 Å². The summed E-state index contributed by atoms with van der Waals surface area (Å²) < 4.78 is 14.6. The van der Waals surface area contributed by atoms with Crippen molar-refractivity contribution in [2.45, 2.75) is 12.5 Å². The minimum Gasteiger partial charge on any atom is -0.361 e. The third-order valence-corrected chi connectivity index (χ3v) is 6.32. The number of benzene rings is 3. The quantitative estimate of drug-likeness (QED) is 0.326. The Morgan fingerprint density at radius 2 is 1.97 bits per heavy atom. The lowest BCUT2D eigenvalue weighted by molar-refractivity contribution is -0.115. The predicted molar refractivity (Wildman–Crippen MR) is 125 cm³/mol. The summed E-state index contributed by atoms with van der Waals surface area (Å²) in [7, 11) is 0. The number of hydrogen-bond acceptors (Lipinski definition) is 2. The number of aromatic amines is 1. The van der Waals surface area contributed by atoms with E-state index in [0.717, 1.165) is 16.5 Å². The van der Waals surface area contributed by atoms with E-state index in [9.17, 15) is 14.0 Å². The molecule has 0 aliphatic carbocycles. The summed E-state index contributed by atoms with van der Waals surface area (Å²) in [6.45, 7) is 0. The third-order valence-electron chi connectivity index (χ3n) is 5.52. The van der Waals surface area contributed by atoms with Crippen molar-refractivity contribution in [1.29, 1.82) is 0 Å². The zero-order valence-corrected chi connectivity index (χ0v) is 18.9. The monoisotopic (exact) mass is 511 g/mol. The fourth-order valence-electron chi connectivity index (χ4n) is 4.12. The van der Waals surface area contributed by atoms with Crippen LogP contribution in [-0.2, 0) is 11.2 Å². The fourth-order valence-corrected chi connectivity index (χ4v) is 4.80. The summed E-state index contributed by atoms with van der Waals surface area (Å²) in [6.07, 6.45) is 1.97. The molecule has 0 saturated heterocycles. The molecule has 3 N–H and O–H groups in total. The second-order valence-corrected chi connectivity index (χ2v) is 8.89. The molecule has 2 heterocycles. The first-order chi connectivity index (χ1) is 15.4. The molecule has 8 heteroatoms. The van der Waals surface area contributed by atoms with Gasteiger partial charge in [0.25, 0.3) is 5.91 Å². The predicted octanol–water partition coefficient (Wildman–Crippen LogP) is 5.74. The maximum absolute atomic E-state index is 13.9. The number of anilines is 1. The number of aromatic nitrogens is 1. The number of para-hydroxylation sites is 1. The van der Waals surface area contributed by atoms with Crippen molar-refractivity contribution >= 4 is 55.9 Å². The molecule has 0 saturated carbocycles. The summed E-state index contributed by atoms with van der Waals surface area (Å²) in [5, 5.41) is 7.07. The van der Waals surface area contributed by atoms with E-state index < -0.39 is 11.9 Å². The topological polar surface area (TPSA) is 74.0 Å². The lowest BCUT2D eigenvalue weighted by Gasteiger charge is -2.18. The molecule has 0 fully saturated rings. The molecule has 1 unspecified atom stereocenters. The van der Waals surface area contributed by atoms with Crippen molar-refractivity contribution in [3.8, 4) is 0 Å². The van der Waals surface area contributed by atoms with E-state index in [1.54, 1.807) is 12.1 Å². The molecule has 32 heavy (non-hydrogen) atoms. The number of carbonyl (C=O) groups excluding carboxylic acids is 2. The average molecular weight is 513 g/mol. The largest absolute Gasteiger partial charge is 0.361 e. The van der Waals surface area contributed by atoms with Gasteiger partial charge in [0.05, 0.1) is 12.5 Å². The fraction of sp³-hybridized carbons (Fsp3) is 0.0833. The Balaban J connectivity index is 1.51. The first-order valence-corrected chi connectivity index (χ1v) is 11.0. The normalized spacial score (nSPS) is 15.0. The molecule has 1 aliphatic rings. The van der Waals surface area contributed by atoms with Gasteiger partial charge in [-0.1, -0.05) is 45.7 Å². The molecule has 2 amide bonds. The van der Waals surface area contributed by atoms with Gasteiger partial charge in [-0.15, -0.1) is 0 Å². The van der Waals surface area contributed by atoms with Gasteiger partial charge in [-0.2, -0.15) is 0 Å². The third kappa shape index (κ3) is 3.67. The van der Waals surface area contributed by atoms with Gasteiger partial charge in [-0.05, 0) is 42.0 Å². The molecular formula is C24H16BrClFN3O2. The lowest BCUT2D eigenvalue weighted by atomic mass is 9.96. The van der Waals surface area contributed by atoms with Gasteiger partial charge >= 0.3 is 0 Å². The average Bonchev–Trinajstić information content (AvgIpc) is 3.31. The lowest BCUT2D eigenvalue weighted by Crippen LogP contribution is -2.21. The van der Waals surface area contributed by atoms with Crippen molar-refractivity contribution < 1.29 is 14.0 Å². The van der Waals surface area contributed by atoms with Crippen LogP contribution in [0.1, 0.15) is 33.1 Å². The van der Waals surface area contributed by atoms with Crippen LogP contribution in [-0.4, -0.2) is 16.8 Å². The summed E-state index contributed by atoms with van der Waals surface area (Å²) in [6, 6.07) is 14.5. The van der Waals surface area contributed by atoms with Crippen LogP contribution >= 0.6 is 27.5 Å². The second kappa shape index (κ2) is 8.07. The Bertz CT molecular complexity index is 1400. The Labute approximate surface area is 196 Å². The Morgan fingerprint density at radius 3 is 2.81 bits per heavy atom. The summed E-state index contributed by atoms with van der Waals surface area (Å²) in [4.78, 5) is 28.8. The van der Waals surface area contributed by atoms with Crippen LogP contribution in [0.2, 0.25) is 5.02 Å². The molecule has 4 aromatic rings. The van der Waals surface area contributed by atoms with E-state index in [0.29, 0.717) is 31.9 Å². The minimum absolute atomic E-state index is 0.151. The van der Waals surface area contributed by atoms with Gasteiger partial charge in [0.2, 0.25) is 5.91 Å².